The van der Waals surface area contributed by atoms with E-state index in [9.17, 15) is 0 Å². The molecule has 2 aromatic carbocycles. The summed E-state index contributed by atoms with van der Waals surface area (Å²) in [6.45, 7) is 6.70. The summed E-state index contributed by atoms with van der Waals surface area (Å²) in [4.78, 5) is 0. The van der Waals surface area contributed by atoms with E-state index >= 15 is 0 Å². The zero-order valence-electron chi connectivity index (χ0n) is 11.8. The van der Waals surface area contributed by atoms with Crippen molar-refractivity contribution in [2.45, 2.75) is 33.4 Å². The molecule has 0 aromatic heterocycles. The second kappa shape index (κ2) is 5.89. The van der Waals surface area contributed by atoms with Crippen molar-refractivity contribution in [1.29, 1.82) is 0 Å². The van der Waals surface area contributed by atoms with Crippen molar-refractivity contribution in [2.24, 2.45) is 5.73 Å². The second-order valence-electron chi connectivity index (χ2n) is 5.10. The summed E-state index contributed by atoms with van der Waals surface area (Å²) in [6.07, 6.45) is 0. The Balaban J connectivity index is 2.13. The van der Waals surface area contributed by atoms with Gasteiger partial charge in [0.05, 0.1) is 0 Å². The molecule has 1 atom stereocenters. The fourth-order valence-corrected chi connectivity index (χ4v) is 2.00. The first-order chi connectivity index (χ1) is 9.06. The number of hydrogen-bond acceptors (Lipinski definition) is 2. The number of aryl methyl sites for hydroxylation is 2. The van der Waals surface area contributed by atoms with Gasteiger partial charge in [0.15, 0.2) is 0 Å². The second-order valence-corrected chi connectivity index (χ2v) is 5.10. The van der Waals surface area contributed by atoms with E-state index in [1.54, 1.807) is 0 Å². The summed E-state index contributed by atoms with van der Waals surface area (Å²) >= 11 is 0. The molecule has 0 aliphatic rings. The van der Waals surface area contributed by atoms with Crippen molar-refractivity contribution < 1.29 is 4.74 Å². The Kier molecular flexibility index (Phi) is 4.23. The van der Waals surface area contributed by atoms with Crippen LogP contribution < -0.4 is 10.5 Å². The molecule has 2 rings (SSSR count). The molecule has 0 unspecified atom stereocenters. The topological polar surface area (TPSA) is 35.2 Å². The molecule has 2 N–H and O–H groups in total. The summed E-state index contributed by atoms with van der Waals surface area (Å²) in [7, 11) is 0. The van der Waals surface area contributed by atoms with Crippen LogP contribution in [0.25, 0.3) is 0 Å². The number of rotatable bonds is 4. The van der Waals surface area contributed by atoms with Crippen LogP contribution in [0.1, 0.15) is 35.2 Å². The highest BCUT2D eigenvalue weighted by Crippen LogP contribution is 2.25. The van der Waals surface area contributed by atoms with Crippen molar-refractivity contribution in [3.63, 3.8) is 0 Å². The Morgan fingerprint density at radius 2 is 1.63 bits per heavy atom. The summed E-state index contributed by atoms with van der Waals surface area (Å²) in [5, 5.41) is 0. The van der Waals surface area contributed by atoms with Gasteiger partial charge < -0.3 is 10.5 Å². The van der Waals surface area contributed by atoms with E-state index in [0.29, 0.717) is 6.61 Å². The zero-order chi connectivity index (χ0) is 13.8. The predicted octanol–water partition coefficient (Wildman–Crippen LogP) is 3.90. The minimum atomic E-state index is -0.0204. The minimum Gasteiger partial charge on any atom is -0.489 e. The first kappa shape index (κ1) is 13.6. The molecule has 19 heavy (non-hydrogen) atoms. The van der Waals surface area contributed by atoms with Crippen LogP contribution in [0.5, 0.6) is 5.75 Å². The molecule has 2 aromatic rings. The van der Waals surface area contributed by atoms with Gasteiger partial charge in [0.25, 0.3) is 0 Å². The van der Waals surface area contributed by atoms with Crippen molar-refractivity contribution >= 4 is 0 Å². The Morgan fingerprint density at radius 3 is 2.26 bits per heavy atom. The maximum absolute atomic E-state index is 5.99. The zero-order valence-corrected chi connectivity index (χ0v) is 11.8. The molecule has 0 aliphatic heterocycles. The Hall–Kier alpha value is -1.80. The normalized spacial score (nSPS) is 12.2. The minimum absolute atomic E-state index is 0.0204. The van der Waals surface area contributed by atoms with Crippen LogP contribution in [0.3, 0.4) is 0 Å². The molecule has 0 spiro atoms. The van der Waals surface area contributed by atoms with E-state index in [4.69, 9.17) is 10.5 Å². The first-order valence-corrected chi connectivity index (χ1v) is 6.61. The summed E-state index contributed by atoms with van der Waals surface area (Å²) < 4.78 is 5.90. The lowest BCUT2D eigenvalue weighted by atomic mass is 10.1. The van der Waals surface area contributed by atoms with E-state index in [0.717, 1.165) is 11.3 Å². The lowest BCUT2D eigenvalue weighted by molar-refractivity contribution is 0.301. The third-order valence-corrected chi connectivity index (χ3v) is 3.17. The van der Waals surface area contributed by atoms with Crippen LogP contribution in [0, 0.1) is 13.8 Å². The number of nitrogens with two attached hydrogens (primary N) is 1. The molecular formula is C17H21NO. The number of hydrogen-bond donors (Lipinski definition) is 1. The van der Waals surface area contributed by atoms with Gasteiger partial charge in [0.2, 0.25) is 0 Å². The van der Waals surface area contributed by atoms with Crippen LogP contribution in [-0.4, -0.2) is 0 Å². The highest BCUT2D eigenvalue weighted by Gasteiger charge is 2.08. The third kappa shape index (κ3) is 3.58. The van der Waals surface area contributed by atoms with E-state index in [1.165, 1.54) is 16.7 Å². The number of ether oxygens (including phenoxy) is 1. The number of benzene rings is 2. The highest BCUT2D eigenvalue weighted by atomic mass is 16.5. The fraction of sp³-hybridized carbons (Fsp3) is 0.294. The summed E-state index contributed by atoms with van der Waals surface area (Å²) in [6, 6.07) is 14.5. The van der Waals surface area contributed by atoms with E-state index in [2.05, 4.69) is 50.2 Å². The van der Waals surface area contributed by atoms with Gasteiger partial charge in [-0.25, -0.2) is 0 Å². The summed E-state index contributed by atoms with van der Waals surface area (Å²) in [5.41, 5.74) is 10.7. The van der Waals surface area contributed by atoms with Crippen LogP contribution >= 0.6 is 0 Å². The Morgan fingerprint density at radius 1 is 1.00 bits per heavy atom. The molecule has 0 saturated heterocycles. The van der Waals surface area contributed by atoms with E-state index < -0.39 is 0 Å². The molecule has 2 nitrogen and oxygen atoms in total. The Labute approximate surface area is 115 Å². The predicted molar refractivity (Wildman–Crippen MR) is 79.3 cm³/mol. The largest absolute Gasteiger partial charge is 0.489 e. The van der Waals surface area contributed by atoms with E-state index in [1.807, 2.05) is 13.0 Å². The van der Waals surface area contributed by atoms with Crippen molar-refractivity contribution in [2.75, 3.05) is 0 Å². The van der Waals surface area contributed by atoms with Crippen molar-refractivity contribution in [3.05, 3.63) is 64.7 Å². The maximum Gasteiger partial charge on any atom is 0.124 e. The van der Waals surface area contributed by atoms with Gasteiger partial charge in [-0.3, -0.25) is 0 Å². The maximum atomic E-state index is 5.99. The SMILES string of the molecule is Cc1ccc(COc2ccc(C)cc2[C@@H](C)N)cc1. The molecule has 0 amide bonds. The monoisotopic (exact) mass is 255 g/mol. The molecule has 0 heterocycles. The van der Waals surface area contributed by atoms with Crippen molar-refractivity contribution in [3.8, 4) is 5.75 Å². The quantitative estimate of drug-likeness (QED) is 0.899. The molecule has 100 valence electrons. The lowest BCUT2D eigenvalue weighted by Crippen LogP contribution is -2.08. The molecule has 0 saturated carbocycles. The van der Waals surface area contributed by atoms with Gasteiger partial charge in [-0.2, -0.15) is 0 Å². The smallest absolute Gasteiger partial charge is 0.124 e. The molecule has 0 bridgehead atoms. The highest BCUT2D eigenvalue weighted by molar-refractivity contribution is 5.39. The lowest BCUT2D eigenvalue weighted by Gasteiger charge is -2.15. The molecule has 0 fully saturated rings. The van der Waals surface area contributed by atoms with Gasteiger partial charge in [0, 0.05) is 11.6 Å². The van der Waals surface area contributed by atoms with Gasteiger partial charge in [-0.05, 0) is 32.4 Å². The van der Waals surface area contributed by atoms with Crippen LogP contribution in [-0.2, 0) is 6.61 Å². The van der Waals surface area contributed by atoms with Gasteiger partial charge in [-0.1, -0.05) is 47.5 Å². The fourth-order valence-electron chi connectivity index (χ4n) is 2.00. The summed E-state index contributed by atoms with van der Waals surface area (Å²) in [5.74, 6) is 0.876. The van der Waals surface area contributed by atoms with Gasteiger partial charge in [0.1, 0.15) is 12.4 Å². The first-order valence-electron chi connectivity index (χ1n) is 6.61. The molecule has 0 radical (unpaired) electrons. The molecule has 0 aliphatic carbocycles. The van der Waals surface area contributed by atoms with Crippen LogP contribution in [0.4, 0.5) is 0 Å². The van der Waals surface area contributed by atoms with E-state index in [-0.39, 0.29) is 6.04 Å². The van der Waals surface area contributed by atoms with Gasteiger partial charge in [-0.15, -0.1) is 0 Å². The van der Waals surface area contributed by atoms with Crippen LogP contribution in [0.2, 0.25) is 0 Å². The van der Waals surface area contributed by atoms with Crippen LogP contribution in [0.15, 0.2) is 42.5 Å². The van der Waals surface area contributed by atoms with Crippen molar-refractivity contribution in [1.82, 2.24) is 0 Å². The standard InChI is InChI=1S/C17H21NO/c1-12-4-7-15(8-5-12)11-19-17-9-6-13(2)10-16(17)14(3)18/h4-10,14H,11,18H2,1-3H3/t14-/m1/s1. The molecular weight excluding hydrogens is 234 g/mol. The van der Waals surface area contributed by atoms with Gasteiger partial charge >= 0.3 is 0 Å². The average Bonchev–Trinajstić information content (AvgIpc) is 2.39. The average molecular weight is 255 g/mol. The molecule has 2 heteroatoms. The Bertz CT molecular complexity index is 544. The third-order valence-electron chi connectivity index (χ3n) is 3.17.